The molecule has 2 heteroatoms. The number of carbonyl (C=O) groups is 1. The maximum absolute atomic E-state index is 11.3. The zero-order valence-corrected chi connectivity index (χ0v) is 9.84. The predicted octanol–water partition coefficient (Wildman–Crippen LogP) is 2.44. The second-order valence-corrected chi connectivity index (χ2v) is 5.24. The molecule has 14 heavy (non-hydrogen) atoms. The maximum atomic E-state index is 11.3. The van der Waals surface area contributed by atoms with E-state index in [0.29, 0.717) is 0 Å². The SMILES string of the molecule is CC(C)C(=O)NC[C@H]1C[C@@H](C(C)C)C1. The molecule has 1 fully saturated rings. The van der Waals surface area contributed by atoms with Crippen LogP contribution in [0.3, 0.4) is 0 Å². The Labute approximate surface area is 87.5 Å². The lowest BCUT2D eigenvalue weighted by molar-refractivity contribution is -0.124. The first-order chi connectivity index (χ1) is 6.50. The van der Waals surface area contributed by atoms with E-state index in [1.807, 2.05) is 13.8 Å². The van der Waals surface area contributed by atoms with E-state index in [1.54, 1.807) is 0 Å². The molecule has 1 amide bonds. The van der Waals surface area contributed by atoms with Crippen molar-refractivity contribution in [1.82, 2.24) is 5.32 Å². The van der Waals surface area contributed by atoms with Crippen LogP contribution >= 0.6 is 0 Å². The highest BCUT2D eigenvalue weighted by Gasteiger charge is 2.31. The number of hydrogen-bond acceptors (Lipinski definition) is 1. The summed E-state index contributed by atoms with van der Waals surface area (Å²) in [5.74, 6) is 2.77. The molecule has 0 aliphatic heterocycles. The third-order valence-electron chi connectivity index (χ3n) is 3.30. The molecule has 2 nitrogen and oxygen atoms in total. The van der Waals surface area contributed by atoms with Crippen molar-refractivity contribution in [2.75, 3.05) is 6.54 Å². The summed E-state index contributed by atoms with van der Waals surface area (Å²) >= 11 is 0. The van der Waals surface area contributed by atoms with Gasteiger partial charge in [-0.25, -0.2) is 0 Å². The molecule has 1 rings (SSSR count). The molecule has 0 heterocycles. The largest absolute Gasteiger partial charge is 0.356 e. The fraction of sp³-hybridized carbons (Fsp3) is 0.917. The monoisotopic (exact) mass is 197 g/mol. The fourth-order valence-electron chi connectivity index (χ4n) is 1.95. The van der Waals surface area contributed by atoms with Gasteiger partial charge in [0.05, 0.1) is 0 Å². The minimum Gasteiger partial charge on any atom is -0.356 e. The van der Waals surface area contributed by atoms with Gasteiger partial charge in [-0.05, 0) is 30.6 Å². The first kappa shape index (κ1) is 11.5. The van der Waals surface area contributed by atoms with E-state index in [-0.39, 0.29) is 11.8 Å². The Balaban J connectivity index is 2.09. The normalized spacial score (nSPS) is 26.4. The van der Waals surface area contributed by atoms with Crippen LogP contribution in [0, 0.1) is 23.7 Å². The van der Waals surface area contributed by atoms with Crippen LogP contribution in [0.25, 0.3) is 0 Å². The number of rotatable bonds is 4. The fourth-order valence-corrected chi connectivity index (χ4v) is 1.95. The highest BCUT2D eigenvalue weighted by molar-refractivity contribution is 5.77. The number of nitrogens with one attached hydrogen (secondary N) is 1. The summed E-state index contributed by atoms with van der Waals surface area (Å²) in [6, 6.07) is 0. The van der Waals surface area contributed by atoms with Crippen molar-refractivity contribution in [3.63, 3.8) is 0 Å². The summed E-state index contributed by atoms with van der Waals surface area (Å²) in [6.45, 7) is 9.33. The highest BCUT2D eigenvalue weighted by Crippen LogP contribution is 2.38. The zero-order chi connectivity index (χ0) is 10.7. The topological polar surface area (TPSA) is 29.1 Å². The molecule has 0 aromatic heterocycles. The summed E-state index contributed by atoms with van der Waals surface area (Å²) in [5, 5.41) is 3.00. The molecule has 0 bridgehead atoms. The van der Waals surface area contributed by atoms with Gasteiger partial charge >= 0.3 is 0 Å². The van der Waals surface area contributed by atoms with Gasteiger partial charge in [0.15, 0.2) is 0 Å². The number of carbonyl (C=O) groups excluding carboxylic acids is 1. The molecular weight excluding hydrogens is 174 g/mol. The van der Waals surface area contributed by atoms with Crippen LogP contribution in [0.5, 0.6) is 0 Å². The molecule has 0 atom stereocenters. The van der Waals surface area contributed by atoms with E-state index >= 15 is 0 Å². The van der Waals surface area contributed by atoms with Crippen LogP contribution in [-0.2, 0) is 4.79 Å². The van der Waals surface area contributed by atoms with Crippen molar-refractivity contribution in [2.24, 2.45) is 23.7 Å². The van der Waals surface area contributed by atoms with Gasteiger partial charge in [0, 0.05) is 12.5 Å². The first-order valence-corrected chi connectivity index (χ1v) is 5.78. The van der Waals surface area contributed by atoms with Crippen LogP contribution in [0.2, 0.25) is 0 Å². The van der Waals surface area contributed by atoms with Gasteiger partial charge in [0.25, 0.3) is 0 Å². The Morgan fingerprint density at radius 1 is 1.29 bits per heavy atom. The van der Waals surface area contributed by atoms with E-state index in [4.69, 9.17) is 0 Å². The molecule has 1 N–H and O–H groups in total. The molecular formula is C12H23NO. The van der Waals surface area contributed by atoms with Crippen molar-refractivity contribution < 1.29 is 4.79 Å². The van der Waals surface area contributed by atoms with Gasteiger partial charge in [-0.2, -0.15) is 0 Å². The Kier molecular flexibility index (Phi) is 3.97. The van der Waals surface area contributed by atoms with E-state index < -0.39 is 0 Å². The standard InChI is InChI=1S/C12H23NO/c1-8(2)11-5-10(6-11)7-13-12(14)9(3)4/h8-11H,5-7H2,1-4H3,(H,13,14)/t10-,11+. The lowest BCUT2D eigenvalue weighted by Gasteiger charge is -2.38. The summed E-state index contributed by atoms with van der Waals surface area (Å²) in [4.78, 5) is 11.3. The smallest absolute Gasteiger partial charge is 0.222 e. The zero-order valence-electron chi connectivity index (χ0n) is 9.84. The average Bonchev–Trinajstić information content (AvgIpc) is 1.99. The average molecular weight is 197 g/mol. The highest BCUT2D eigenvalue weighted by atomic mass is 16.1. The van der Waals surface area contributed by atoms with Gasteiger partial charge in [0.1, 0.15) is 0 Å². The van der Waals surface area contributed by atoms with Gasteiger partial charge in [-0.1, -0.05) is 27.7 Å². The Hall–Kier alpha value is -0.530. The van der Waals surface area contributed by atoms with E-state index in [9.17, 15) is 4.79 Å². The Morgan fingerprint density at radius 2 is 1.86 bits per heavy atom. The van der Waals surface area contributed by atoms with Gasteiger partial charge in [-0.15, -0.1) is 0 Å². The Bertz CT molecular complexity index is 192. The molecule has 1 saturated carbocycles. The van der Waals surface area contributed by atoms with Crippen molar-refractivity contribution in [2.45, 2.75) is 40.5 Å². The van der Waals surface area contributed by atoms with Crippen LogP contribution in [0.15, 0.2) is 0 Å². The lowest BCUT2D eigenvalue weighted by Crippen LogP contribution is -2.39. The first-order valence-electron chi connectivity index (χ1n) is 5.78. The van der Waals surface area contributed by atoms with Gasteiger partial charge in [-0.3, -0.25) is 4.79 Å². The molecule has 0 radical (unpaired) electrons. The summed E-state index contributed by atoms with van der Waals surface area (Å²) < 4.78 is 0. The molecule has 1 aliphatic carbocycles. The molecule has 0 unspecified atom stereocenters. The quantitative estimate of drug-likeness (QED) is 0.737. The maximum Gasteiger partial charge on any atom is 0.222 e. The molecule has 1 aliphatic rings. The summed E-state index contributed by atoms with van der Waals surface area (Å²) in [6.07, 6.45) is 2.60. The van der Waals surface area contributed by atoms with Crippen LogP contribution in [0.1, 0.15) is 40.5 Å². The second-order valence-electron chi connectivity index (χ2n) is 5.24. The van der Waals surface area contributed by atoms with Crippen molar-refractivity contribution in [3.8, 4) is 0 Å². The van der Waals surface area contributed by atoms with Gasteiger partial charge in [0.2, 0.25) is 5.91 Å². The molecule has 0 spiro atoms. The van der Waals surface area contributed by atoms with E-state index in [2.05, 4.69) is 19.2 Å². The minimum atomic E-state index is 0.121. The summed E-state index contributed by atoms with van der Waals surface area (Å²) in [7, 11) is 0. The van der Waals surface area contributed by atoms with Crippen LogP contribution in [0.4, 0.5) is 0 Å². The number of hydrogen-bond donors (Lipinski definition) is 1. The minimum absolute atomic E-state index is 0.121. The molecule has 82 valence electrons. The van der Waals surface area contributed by atoms with Crippen molar-refractivity contribution in [3.05, 3.63) is 0 Å². The van der Waals surface area contributed by atoms with Crippen LogP contribution < -0.4 is 5.32 Å². The van der Waals surface area contributed by atoms with E-state index in [0.717, 1.165) is 24.3 Å². The lowest BCUT2D eigenvalue weighted by atomic mass is 9.69. The second kappa shape index (κ2) is 4.81. The third-order valence-corrected chi connectivity index (χ3v) is 3.30. The van der Waals surface area contributed by atoms with Gasteiger partial charge < -0.3 is 5.32 Å². The number of amides is 1. The molecule has 0 aromatic carbocycles. The Morgan fingerprint density at radius 3 is 2.29 bits per heavy atom. The van der Waals surface area contributed by atoms with Crippen molar-refractivity contribution >= 4 is 5.91 Å². The summed E-state index contributed by atoms with van der Waals surface area (Å²) in [5.41, 5.74) is 0. The predicted molar refractivity (Wildman–Crippen MR) is 58.9 cm³/mol. The van der Waals surface area contributed by atoms with Crippen LogP contribution in [-0.4, -0.2) is 12.5 Å². The molecule has 0 aromatic rings. The third kappa shape index (κ3) is 3.00. The van der Waals surface area contributed by atoms with Crippen molar-refractivity contribution in [1.29, 1.82) is 0 Å². The van der Waals surface area contributed by atoms with E-state index in [1.165, 1.54) is 12.8 Å². The molecule has 0 saturated heterocycles.